The number of aryl methyl sites for hydroxylation is 1. The number of carbonyl (C=O) groups is 2. The van der Waals surface area contributed by atoms with Crippen molar-refractivity contribution in [2.24, 2.45) is 17.8 Å². The van der Waals surface area contributed by atoms with E-state index in [1.807, 2.05) is 100 Å². The highest BCUT2D eigenvalue weighted by atomic mass is 32.1. The number of amides is 2. The molecule has 8 heterocycles. The smallest absolute Gasteiger partial charge is 0.243 e. The van der Waals surface area contributed by atoms with E-state index < -0.39 is 18.1 Å². The molecule has 19 heteroatoms. The van der Waals surface area contributed by atoms with Crippen LogP contribution in [-0.2, 0) is 14.3 Å². The van der Waals surface area contributed by atoms with Crippen LogP contribution in [0.4, 0.5) is 11.6 Å². The Bertz CT molecular complexity index is 3110. The predicted molar refractivity (Wildman–Crippen MR) is 315 cm³/mol. The van der Waals surface area contributed by atoms with Gasteiger partial charge in [0.25, 0.3) is 0 Å². The monoisotopic (exact) mass is 1120 g/mol. The van der Waals surface area contributed by atoms with Crippen molar-refractivity contribution < 1.29 is 29.1 Å². The Morgan fingerprint density at radius 3 is 2.37 bits per heavy atom. The molecule has 11 rings (SSSR count). The fourth-order valence-electron chi connectivity index (χ4n) is 13.0. The number of para-hydroxylation sites is 1. The molecular weight excluding hydrogens is 1040 g/mol. The lowest BCUT2D eigenvalue weighted by Gasteiger charge is -2.47. The van der Waals surface area contributed by atoms with Crippen LogP contribution in [0.25, 0.3) is 33.9 Å². The summed E-state index contributed by atoms with van der Waals surface area (Å²) in [5.74, 6) is 1.62. The van der Waals surface area contributed by atoms with Crippen LogP contribution in [0.5, 0.6) is 5.75 Å². The highest BCUT2D eigenvalue weighted by Crippen LogP contribution is 2.38. The van der Waals surface area contributed by atoms with Crippen LogP contribution in [0.2, 0.25) is 0 Å². The first-order valence-electron chi connectivity index (χ1n) is 29.5. The summed E-state index contributed by atoms with van der Waals surface area (Å²) in [5, 5.41) is 41.8. The SMILES string of the molecule is Cc1ncsc1-c1ccc([C@H](C)NC(=O)[C@@H]2C[C@@H](O)CN2C(=O)[C@@H](c2cc(N3CCC(CN4CCC(OC5CC(N6CCC([C@@H](C)n7cc(/C=C/c8cc(-c9ccccc9O)nnc8N)cn7)CC6)C5)CC4)CC3)no2)C(C)C)cc1. The molecule has 5 atom stereocenters. The van der Waals surface area contributed by atoms with Gasteiger partial charge in [-0.3, -0.25) is 14.3 Å². The molecule has 81 heavy (non-hydrogen) atoms. The van der Waals surface area contributed by atoms with Crippen molar-refractivity contribution in [3.63, 3.8) is 0 Å². The molecule has 5 N–H and O–H groups in total. The molecule has 2 aromatic carbocycles. The molecule has 0 unspecified atom stereocenters. The summed E-state index contributed by atoms with van der Waals surface area (Å²) in [7, 11) is 0. The average molecular weight is 1120 g/mol. The first-order valence-corrected chi connectivity index (χ1v) is 30.4. The van der Waals surface area contributed by atoms with Crippen LogP contribution in [0, 0.1) is 24.7 Å². The molecule has 4 aromatic heterocycles. The average Bonchev–Trinajstić information content (AvgIpc) is 4.31. The minimum absolute atomic E-state index is 0.0906. The van der Waals surface area contributed by atoms with Gasteiger partial charge in [-0.1, -0.05) is 67.6 Å². The van der Waals surface area contributed by atoms with Gasteiger partial charge in [0.1, 0.15) is 17.7 Å². The third kappa shape index (κ3) is 12.9. The summed E-state index contributed by atoms with van der Waals surface area (Å²) in [4.78, 5) is 42.9. The summed E-state index contributed by atoms with van der Waals surface area (Å²) in [6.45, 7) is 17.5. The van der Waals surface area contributed by atoms with Gasteiger partial charge in [0.15, 0.2) is 17.4 Å². The maximum absolute atomic E-state index is 14.4. The maximum Gasteiger partial charge on any atom is 0.243 e. The fourth-order valence-corrected chi connectivity index (χ4v) is 13.9. The zero-order chi connectivity index (χ0) is 56.3. The first-order chi connectivity index (χ1) is 39.2. The molecule has 4 saturated heterocycles. The maximum atomic E-state index is 14.4. The molecule has 1 aliphatic carbocycles. The second-order valence-electron chi connectivity index (χ2n) is 23.9. The number of rotatable bonds is 18. The number of phenols is 1. The number of nitrogens with zero attached hydrogens (tertiary/aromatic N) is 10. The molecular formula is C62H80N12O6S. The number of carbonyl (C=O) groups excluding carboxylic acids is 2. The number of hydrogen-bond acceptors (Lipinski definition) is 16. The van der Waals surface area contributed by atoms with Crippen molar-refractivity contribution in [2.75, 3.05) is 63.0 Å². The number of likely N-dealkylation sites (tertiary alicyclic amines) is 3. The molecule has 6 aromatic rings. The van der Waals surface area contributed by atoms with Gasteiger partial charge in [-0.05, 0) is 132 Å². The Morgan fingerprint density at radius 2 is 1.65 bits per heavy atom. The number of nitrogens with two attached hydrogens (primary N) is 1. The lowest BCUT2D eigenvalue weighted by molar-refractivity contribution is -0.141. The summed E-state index contributed by atoms with van der Waals surface area (Å²) >= 11 is 1.60. The normalized spacial score (nSPS) is 23.0. The number of benzene rings is 2. The summed E-state index contributed by atoms with van der Waals surface area (Å²) in [6, 6.07) is 18.8. The van der Waals surface area contributed by atoms with Crippen molar-refractivity contribution >= 4 is 46.9 Å². The minimum Gasteiger partial charge on any atom is -0.507 e. The van der Waals surface area contributed by atoms with E-state index in [1.54, 1.807) is 28.4 Å². The van der Waals surface area contributed by atoms with Gasteiger partial charge >= 0.3 is 0 Å². The zero-order valence-electron chi connectivity index (χ0n) is 47.5. The molecule has 0 radical (unpaired) electrons. The molecule has 2 amide bonds. The van der Waals surface area contributed by atoms with Crippen LogP contribution in [0.1, 0.15) is 132 Å². The molecule has 5 fully saturated rings. The van der Waals surface area contributed by atoms with Gasteiger partial charge in [0, 0.05) is 80.7 Å². The number of anilines is 2. The Balaban J connectivity index is 0.578. The number of β-amino-alcohol motifs (C(OH)–C–C–N with tert-alkyl or cyclic N) is 1. The second kappa shape index (κ2) is 24.9. The Labute approximate surface area is 479 Å². The van der Waals surface area contributed by atoms with Crippen molar-refractivity contribution in [1.82, 2.24) is 50.1 Å². The quantitative estimate of drug-likeness (QED) is 0.0631. The van der Waals surface area contributed by atoms with Gasteiger partial charge in [-0.25, -0.2) is 4.98 Å². The van der Waals surface area contributed by atoms with E-state index in [1.165, 1.54) is 0 Å². The fraction of sp³-hybridized carbons (Fsp3) is 0.532. The summed E-state index contributed by atoms with van der Waals surface area (Å²) in [5.41, 5.74) is 13.9. The van der Waals surface area contributed by atoms with E-state index in [0.29, 0.717) is 59.0 Å². The molecule has 0 spiro atoms. The Kier molecular flexibility index (Phi) is 17.3. The van der Waals surface area contributed by atoms with E-state index in [9.17, 15) is 19.8 Å². The lowest BCUT2D eigenvalue weighted by atomic mass is 9.83. The number of aliphatic hydroxyl groups is 1. The number of nitrogen functional groups attached to an aromatic ring is 1. The Morgan fingerprint density at radius 1 is 0.901 bits per heavy atom. The van der Waals surface area contributed by atoms with Gasteiger partial charge in [-0.15, -0.1) is 21.5 Å². The van der Waals surface area contributed by atoms with Crippen LogP contribution < -0.4 is 16.0 Å². The van der Waals surface area contributed by atoms with E-state index in [2.05, 4.69) is 58.2 Å². The summed E-state index contributed by atoms with van der Waals surface area (Å²) in [6.07, 6.45) is 16.9. The number of aromatic nitrogens is 6. The molecule has 5 aliphatic rings. The van der Waals surface area contributed by atoms with E-state index >= 15 is 0 Å². The lowest BCUT2D eigenvalue weighted by Crippen LogP contribution is -2.52. The Hall–Kier alpha value is -6.51. The number of aliphatic hydroxyl groups excluding tert-OH is 1. The number of thiazole rings is 1. The first kappa shape index (κ1) is 56.4. The highest BCUT2D eigenvalue weighted by molar-refractivity contribution is 7.13. The summed E-state index contributed by atoms with van der Waals surface area (Å²) < 4.78 is 14.8. The van der Waals surface area contributed by atoms with Crippen LogP contribution in [0.3, 0.4) is 0 Å². The minimum atomic E-state index is -0.797. The standard InChI is InChI=1S/C62H80N12O6S/c1-38(2)58(62(78)73-36-49(75)31-54(73)61(77)66-39(3)44-12-14-46(15-13-44)59-40(4)64-37-81-59)56-32-57(69-80-56)72-24-16-42(17-25-72)34-70-22-20-50(21-23-70)79-51-29-48(30-51)71-26-18-45(19-27-71)41(5)74-35-43(33-65-74)10-11-47-28-53(67-68-60(47)63)52-8-6-7-9-55(52)76/h6-15,28,32-33,35,37-39,41-42,45,48-51,54,58,75-76H,16-27,29-31,34,36H2,1-5H3,(H2,63,68)(H,66,77)/b11-10+/t39-,41+,48?,49+,51?,54-,58+/m0/s1. The van der Waals surface area contributed by atoms with Gasteiger partial charge < -0.3 is 50.1 Å². The largest absolute Gasteiger partial charge is 0.507 e. The van der Waals surface area contributed by atoms with Crippen molar-refractivity contribution in [1.29, 1.82) is 0 Å². The molecule has 1 saturated carbocycles. The second-order valence-corrected chi connectivity index (χ2v) is 24.8. The van der Waals surface area contributed by atoms with E-state index in [4.69, 9.17) is 20.1 Å². The molecule has 4 aliphatic heterocycles. The van der Waals surface area contributed by atoms with Crippen molar-refractivity contribution in [2.45, 2.75) is 141 Å². The predicted octanol–water partition coefficient (Wildman–Crippen LogP) is 9.00. The van der Waals surface area contributed by atoms with Crippen LogP contribution in [-0.4, -0.2) is 150 Å². The molecule has 430 valence electrons. The van der Waals surface area contributed by atoms with Gasteiger partial charge in [0.2, 0.25) is 11.8 Å². The molecule has 0 bridgehead atoms. The van der Waals surface area contributed by atoms with Crippen molar-refractivity contribution in [3.05, 3.63) is 107 Å². The third-order valence-electron chi connectivity index (χ3n) is 18.1. The topological polar surface area (TPSA) is 217 Å². The van der Waals surface area contributed by atoms with Gasteiger partial charge in [-0.2, -0.15) is 5.10 Å². The number of hydrogen-bond donors (Lipinski definition) is 4. The van der Waals surface area contributed by atoms with E-state index in [0.717, 1.165) is 136 Å². The van der Waals surface area contributed by atoms with Crippen LogP contribution in [0.15, 0.2) is 83.1 Å². The van der Waals surface area contributed by atoms with Gasteiger partial charge in [0.05, 0.1) is 58.4 Å². The number of nitrogens with one attached hydrogen (secondary N) is 1. The number of ether oxygens (including phenoxy) is 1. The van der Waals surface area contributed by atoms with Crippen molar-refractivity contribution in [3.8, 4) is 27.4 Å². The molecule has 18 nitrogen and oxygen atoms in total. The number of phenolic OH excluding ortho intramolecular Hbond substituents is 1. The highest BCUT2D eigenvalue weighted by Gasteiger charge is 2.44. The van der Waals surface area contributed by atoms with Crippen LogP contribution >= 0.6 is 11.3 Å². The number of aromatic hydroxyl groups is 1. The number of piperidine rings is 3. The third-order valence-corrected chi connectivity index (χ3v) is 19.1. The van der Waals surface area contributed by atoms with E-state index in [-0.39, 0.29) is 42.5 Å². The zero-order valence-corrected chi connectivity index (χ0v) is 48.3.